The SMILES string of the molecule is C[C@@H]1CN(c2cccc3ccc(F)cc23)CCN1. The van der Waals surface area contributed by atoms with Crippen LogP contribution in [-0.2, 0) is 0 Å². The van der Waals surface area contributed by atoms with E-state index in [2.05, 4.69) is 23.2 Å². The van der Waals surface area contributed by atoms with Gasteiger partial charge in [0.25, 0.3) is 0 Å². The first-order valence-electron chi connectivity index (χ1n) is 6.40. The third-order valence-corrected chi connectivity index (χ3v) is 3.53. The molecule has 1 atom stereocenters. The lowest BCUT2D eigenvalue weighted by atomic mass is 10.1. The molecule has 1 fully saturated rings. The molecule has 1 aliphatic heterocycles. The largest absolute Gasteiger partial charge is 0.368 e. The van der Waals surface area contributed by atoms with Crippen LogP contribution in [0.2, 0.25) is 0 Å². The number of anilines is 1. The van der Waals surface area contributed by atoms with E-state index in [1.807, 2.05) is 18.2 Å². The molecule has 0 bridgehead atoms. The van der Waals surface area contributed by atoms with Gasteiger partial charge < -0.3 is 10.2 Å². The van der Waals surface area contributed by atoms with Gasteiger partial charge >= 0.3 is 0 Å². The fraction of sp³-hybridized carbons (Fsp3) is 0.333. The van der Waals surface area contributed by atoms with Crippen LogP contribution in [0.4, 0.5) is 10.1 Å². The summed E-state index contributed by atoms with van der Waals surface area (Å²) in [6.45, 7) is 5.10. The van der Waals surface area contributed by atoms with Crippen LogP contribution in [0.1, 0.15) is 6.92 Å². The van der Waals surface area contributed by atoms with E-state index in [1.165, 1.54) is 6.07 Å². The molecule has 1 aliphatic rings. The average molecular weight is 244 g/mol. The normalized spacial score (nSPS) is 20.3. The molecule has 3 heteroatoms. The molecule has 1 N–H and O–H groups in total. The van der Waals surface area contributed by atoms with E-state index < -0.39 is 0 Å². The van der Waals surface area contributed by atoms with Crippen molar-refractivity contribution >= 4 is 16.5 Å². The molecule has 1 saturated heterocycles. The van der Waals surface area contributed by atoms with Gasteiger partial charge in [-0.2, -0.15) is 0 Å². The summed E-state index contributed by atoms with van der Waals surface area (Å²) in [5.41, 5.74) is 1.14. The first-order valence-corrected chi connectivity index (χ1v) is 6.40. The topological polar surface area (TPSA) is 15.3 Å². The van der Waals surface area contributed by atoms with Crippen molar-refractivity contribution in [1.29, 1.82) is 0 Å². The maximum absolute atomic E-state index is 13.4. The zero-order chi connectivity index (χ0) is 12.5. The maximum Gasteiger partial charge on any atom is 0.123 e. The zero-order valence-electron chi connectivity index (χ0n) is 10.5. The maximum atomic E-state index is 13.4. The van der Waals surface area contributed by atoms with Crippen LogP contribution in [0.25, 0.3) is 10.8 Å². The Morgan fingerprint density at radius 2 is 2.17 bits per heavy atom. The summed E-state index contributed by atoms with van der Waals surface area (Å²) in [5.74, 6) is -0.168. The Kier molecular flexibility index (Phi) is 2.92. The lowest BCUT2D eigenvalue weighted by Crippen LogP contribution is -2.49. The summed E-state index contributed by atoms with van der Waals surface area (Å²) in [4.78, 5) is 2.34. The second-order valence-electron chi connectivity index (χ2n) is 4.94. The van der Waals surface area contributed by atoms with Gasteiger partial charge in [-0.3, -0.25) is 0 Å². The number of hydrogen-bond donors (Lipinski definition) is 1. The fourth-order valence-corrected chi connectivity index (χ4v) is 2.66. The molecule has 1 heterocycles. The predicted octanol–water partition coefficient (Wildman–Crippen LogP) is 2.78. The number of hydrogen-bond acceptors (Lipinski definition) is 2. The van der Waals surface area contributed by atoms with E-state index >= 15 is 0 Å². The number of halogens is 1. The Morgan fingerprint density at radius 3 is 3.00 bits per heavy atom. The monoisotopic (exact) mass is 244 g/mol. The molecule has 0 radical (unpaired) electrons. The van der Waals surface area contributed by atoms with Gasteiger partial charge in [0.2, 0.25) is 0 Å². The second kappa shape index (κ2) is 4.58. The van der Waals surface area contributed by atoms with Gasteiger partial charge in [0.15, 0.2) is 0 Å². The number of piperazine rings is 1. The van der Waals surface area contributed by atoms with Crippen LogP contribution >= 0.6 is 0 Å². The minimum atomic E-state index is -0.168. The van der Waals surface area contributed by atoms with Crippen LogP contribution < -0.4 is 10.2 Å². The van der Waals surface area contributed by atoms with Gasteiger partial charge in [0.05, 0.1) is 0 Å². The number of rotatable bonds is 1. The summed E-state index contributed by atoms with van der Waals surface area (Å²) in [6, 6.07) is 11.6. The molecule has 0 saturated carbocycles. The first-order chi connectivity index (χ1) is 8.74. The molecule has 2 aromatic rings. The van der Waals surface area contributed by atoms with Gasteiger partial charge in [-0.05, 0) is 30.5 Å². The van der Waals surface area contributed by atoms with Crippen LogP contribution in [0, 0.1) is 5.82 Å². The van der Waals surface area contributed by atoms with E-state index in [9.17, 15) is 4.39 Å². The molecule has 0 aromatic heterocycles. The highest BCUT2D eigenvalue weighted by Crippen LogP contribution is 2.28. The third-order valence-electron chi connectivity index (χ3n) is 3.53. The summed E-state index contributed by atoms with van der Waals surface area (Å²) in [7, 11) is 0. The Labute approximate surface area is 106 Å². The first kappa shape index (κ1) is 11.5. The Hall–Kier alpha value is -1.61. The van der Waals surface area contributed by atoms with Crippen LogP contribution in [0.3, 0.4) is 0 Å². The molecular formula is C15H17FN2. The Balaban J connectivity index is 2.07. The standard InChI is InChI=1S/C15H17FN2/c1-11-10-18(8-7-17-11)15-4-2-3-12-5-6-13(16)9-14(12)15/h2-6,9,11,17H,7-8,10H2,1H3/t11-/m1/s1. The highest BCUT2D eigenvalue weighted by atomic mass is 19.1. The number of fused-ring (bicyclic) bond motifs is 1. The predicted molar refractivity (Wildman–Crippen MR) is 73.6 cm³/mol. The number of nitrogens with one attached hydrogen (secondary N) is 1. The fourth-order valence-electron chi connectivity index (χ4n) is 2.66. The highest BCUT2D eigenvalue weighted by molar-refractivity contribution is 5.94. The van der Waals surface area contributed by atoms with E-state index in [1.54, 1.807) is 6.07 Å². The lowest BCUT2D eigenvalue weighted by molar-refractivity contribution is 0.485. The summed E-state index contributed by atoms with van der Waals surface area (Å²) >= 11 is 0. The van der Waals surface area contributed by atoms with Gasteiger partial charge in [0, 0.05) is 36.7 Å². The minimum Gasteiger partial charge on any atom is -0.368 e. The number of nitrogens with zero attached hydrogens (tertiary/aromatic N) is 1. The summed E-state index contributed by atoms with van der Waals surface area (Å²) < 4.78 is 13.4. The minimum absolute atomic E-state index is 0.168. The van der Waals surface area contributed by atoms with Crippen molar-refractivity contribution < 1.29 is 4.39 Å². The summed E-state index contributed by atoms with van der Waals surface area (Å²) in [6.07, 6.45) is 0. The molecule has 94 valence electrons. The molecule has 3 rings (SSSR count). The lowest BCUT2D eigenvalue weighted by Gasteiger charge is -2.34. The van der Waals surface area contributed by atoms with Crippen molar-refractivity contribution in [3.63, 3.8) is 0 Å². The summed E-state index contributed by atoms with van der Waals surface area (Å²) in [5, 5.41) is 5.53. The van der Waals surface area contributed by atoms with E-state index in [0.717, 1.165) is 36.1 Å². The molecule has 18 heavy (non-hydrogen) atoms. The highest BCUT2D eigenvalue weighted by Gasteiger charge is 2.17. The van der Waals surface area contributed by atoms with Crippen molar-refractivity contribution in [3.05, 3.63) is 42.2 Å². The molecule has 0 spiro atoms. The van der Waals surface area contributed by atoms with Crippen molar-refractivity contribution in [1.82, 2.24) is 5.32 Å². The van der Waals surface area contributed by atoms with Crippen LogP contribution in [0.15, 0.2) is 36.4 Å². The quantitative estimate of drug-likeness (QED) is 0.829. The Morgan fingerprint density at radius 1 is 1.28 bits per heavy atom. The van der Waals surface area contributed by atoms with Crippen molar-refractivity contribution in [2.24, 2.45) is 0 Å². The molecule has 2 aromatic carbocycles. The molecule has 0 amide bonds. The number of benzene rings is 2. The van der Waals surface area contributed by atoms with Gasteiger partial charge in [-0.25, -0.2) is 4.39 Å². The van der Waals surface area contributed by atoms with E-state index in [-0.39, 0.29) is 5.82 Å². The smallest absolute Gasteiger partial charge is 0.123 e. The zero-order valence-corrected chi connectivity index (χ0v) is 10.5. The van der Waals surface area contributed by atoms with Gasteiger partial charge in [-0.1, -0.05) is 18.2 Å². The molecule has 0 unspecified atom stereocenters. The molecular weight excluding hydrogens is 227 g/mol. The van der Waals surface area contributed by atoms with Crippen molar-refractivity contribution in [2.45, 2.75) is 13.0 Å². The van der Waals surface area contributed by atoms with Crippen molar-refractivity contribution in [3.8, 4) is 0 Å². The van der Waals surface area contributed by atoms with Crippen LogP contribution in [-0.4, -0.2) is 25.7 Å². The second-order valence-corrected chi connectivity index (χ2v) is 4.94. The molecule has 0 aliphatic carbocycles. The average Bonchev–Trinajstić information content (AvgIpc) is 2.38. The van der Waals surface area contributed by atoms with Gasteiger partial charge in [0.1, 0.15) is 5.82 Å². The third kappa shape index (κ3) is 2.06. The van der Waals surface area contributed by atoms with Gasteiger partial charge in [-0.15, -0.1) is 0 Å². The molecule has 2 nitrogen and oxygen atoms in total. The van der Waals surface area contributed by atoms with E-state index in [0.29, 0.717) is 6.04 Å². The van der Waals surface area contributed by atoms with E-state index in [4.69, 9.17) is 0 Å². The Bertz CT molecular complexity index is 567. The van der Waals surface area contributed by atoms with Crippen LogP contribution in [0.5, 0.6) is 0 Å². The van der Waals surface area contributed by atoms with Crippen molar-refractivity contribution in [2.75, 3.05) is 24.5 Å².